The van der Waals surface area contributed by atoms with Gasteiger partial charge in [-0.3, -0.25) is 0 Å². The summed E-state index contributed by atoms with van der Waals surface area (Å²) < 4.78 is 4.95. The highest BCUT2D eigenvalue weighted by atomic mass is 35.5. The number of oxime groups is 1. The molecule has 0 radical (unpaired) electrons. The van der Waals surface area contributed by atoms with Crippen LogP contribution in [0.25, 0.3) is 0 Å². The molecule has 0 saturated heterocycles. The van der Waals surface area contributed by atoms with Crippen molar-refractivity contribution in [3.8, 4) is 5.75 Å². The first-order valence-corrected chi connectivity index (χ1v) is 4.94. The summed E-state index contributed by atoms with van der Waals surface area (Å²) in [6, 6.07) is 6.41. The van der Waals surface area contributed by atoms with Crippen molar-refractivity contribution in [2.75, 3.05) is 13.0 Å². The van der Waals surface area contributed by atoms with Crippen LogP contribution >= 0.6 is 11.6 Å². The van der Waals surface area contributed by atoms with Crippen molar-refractivity contribution in [3.63, 3.8) is 0 Å². The van der Waals surface area contributed by atoms with Gasteiger partial charge in [0, 0.05) is 0 Å². The first-order chi connectivity index (χ1) is 7.67. The van der Waals surface area contributed by atoms with Crippen LogP contribution in [-0.2, 0) is 4.84 Å². The molecular formula is C10H11ClN2O3. The summed E-state index contributed by atoms with van der Waals surface area (Å²) in [5, 5.41) is 3.34. The third-order valence-corrected chi connectivity index (χ3v) is 1.98. The fraction of sp³-hybridized carbons (Fsp3) is 0.200. The minimum Gasteiger partial charge on any atom is -0.497 e. The molecule has 0 heterocycles. The van der Waals surface area contributed by atoms with E-state index in [-0.39, 0.29) is 11.7 Å². The van der Waals surface area contributed by atoms with Crippen molar-refractivity contribution in [3.05, 3.63) is 29.8 Å². The molecule has 16 heavy (non-hydrogen) atoms. The van der Waals surface area contributed by atoms with Crippen LogP contribution < -0.4 is 10.5 Å². The van der Waals surface area contributed by atoms with Crippen LogP contribution in [-0.4, -0.2) is 24.8 Å². The number of nitrogens with zero attached hydrogens (tertiary/aromatic N) is 1. The molecule has 5 nitrogen and oxygen atoms in total. The fourth-order valence-electron chi connectivity index (χ4n) is 0.904. The molecule has 0 bridgehead atoms. The van der Waals surface area contributed by atoms with E-state index in [0.29, 0.717) is 11.3 Å². The number of nitrogens with two attached hydrogens (primary N) is 1. The molecule has 0 aliphatic carbocycles. The van der Waals surface area contributed by atoms with Gasteiger partial charge < -0.3 is 15.3 Å². The molecule has 6 heteroatoms. The Balaban J connectivity index is 2.66. The van der Waals surface area contributed by atoms with Gasteiger partial charge in [-0.05, 0) is 24.3 Å². The highest BCUT2D eigenvalue weighted by Gasteiger charge is 2.07. The van der Waals surface area contributed by atoms with Crippen LogP contribution in [0.2, 0.25) is 0 Å². The standard InChI is InChI=1S/C10H11ClN2O3/c1-15-8-4-2-7(3-5-8)10(14)16-13-9(12)6-11/h2-5H,6H2,1H3,(H2,12,13). The molecule has 0 spiro atoms. The predicted molar refractivity (Wildman–Crippen MR) is 60.8 cm³/mol. The number of methoxy groups -OCH3 is 1. The topological polar surface area (TPSA) is 73.9 Å². The van der Waals surface area contributed by atoms with Gasteiger partial charge in [0.15, 0.2) is 5.84 Å². The Labute approximate surface area is 97.8 Å². The molecule has 1 aromatic carbocycles. The van der Waals surface area contributed by atoms with Crippen LogP contribution in [0.3, 0.4) is 0 Å². The van der Waals surface area contributed by atoms with Gasteiger partial charge >= 0.3 is 5.97 Å². The number of benzene rings is 1. The Morgan fingerprint density at radius 1 is 1.44 bits per heavy atom. The minimum absolute atomic E-state index is 0.00981. The van der Waals surface area contributed by atoms with Gasteiger partial charge in [0.2, 0.25) is 0 Å². The maximum absolute atomic E-state index is 11.4. The number of alkyl halides is 1. The summed E-state index contributed by atoms with van der Waals surface area (Å²) in [7, 11) is 1.54. The van der Waals surface area contributed by atoms with Crippen LogP contribution in [0.15, 0.2) is 29.4 Å². The van der Waals surface area contributed by atoms with Crippen LogP contribution in [0.4, 0.5) is 0 Å². The molecule has 1 aromatic rings. The Morgan fingerprint density at radius 3 is 2.56 bits per heavy atom. The molecule has 0 atom stereocenters. The number of carbonyl (C=O) groups excluding carboxylic acids is 1. The van der Waals surface area contributed by atoms with E-state index in [0.717, 1.165) is 0 Å². The summed E-state index contributed by atoms with van der Waals surface area (Å²) in [6.07, 6.45) is 0. The van der Waals surface area contributed by atoms with Crippen LogP contribution in [0, 0.1) is 0 Å². The molecule has 0 unspecified atom stereocenters. The molecule has 0 amide bonds. The molecule has 0 saturated carbocycles. The van der Waals surface area contributed by atoms with Crippen molar-refractivity contribution in [1.82, 2.24) is 0 Å². The van der Waals surface area contributed by atoms with E-state index in [1.807, 2.05) is 0 Å². The number of hydrogen-bond donors (Lipinski definition) is 1. The number of amidine groups is 1. The number of carbonyl (C=O) groups is 1. The normalized spacial score (nSPS) is 11.0. The Morgan fingerprint density at radius 2 is 2.06 bits per heavy atom. The number of rotatable bonds is 4. The van der Waals surface area contributed by atoms with E-state index < -0.39 is 5.97 Å². The molecule has 0 aliphatic rings. The van der Waals surface area contributed by atoms with Gasteiger partial charge in [0.25, 0.3) is 0 Å². The molecular weight excluding hydrogens is 232 g/mol. The van der Waals surface area contributed by atoms with Crippen molar-refractivity contribution >= 4 is 23.4 Å². The Hall–Kier alpha value is -1.75. The van der Waals surface area contributed by atoms with Crippen molar-refractivity contribution in [2.24, 2.45) is 10.9 Å². The summed E-state index contributed by atoms with van der Waals surface area (Å²) >= 11 is 5.36. The maximum Gasteiger partial charge on any atom is 0.365 e. The van der Waals surface area contributed by atoms with Gasteiger partial charge in [-0.2, -0.15) is 0 Å². The van der Waals surface area contributed by atoms with Gasteiger partial charge in [-0.1, -0.05) is 5.16 Å². The van der Waals surface area contributed by atoms with Gasteiger partial charge in [-0.25, -0.2) is 4.79 Å². The molecule has 86 valence electrons. The molecule has 0 aromatic heterocycles. The summed E-state index contributed by atoms with van der Waals surface area (Å²) in [6.45, 7) is 0. The van der Waals surface area contributed by atoms with Crippen molar-refractivity contribution in [1.29, 1.82) is 0 Å². The molecule has 2 N–H and O–H groups in total. The lowest BCUT2D eigenvalue weighted by Crippen LogP contribution is -2.15. The molecule has 0 aliphatic heterocycles. The lowest BCUT2D eigenvalue weighted by molar-refractivity contribution is 0.0515. The lowest BCUT2D eigenvalue weighted by atomic mass is 10.2. The number of ether oxygens (including phenoxy) is 1. The van der Waals surface area contributed by atoms with E-state index in [1.165, 1.54) is 0 Å². The van der Waals surface area contributed by atoms with Gasteiger partial charge in [-0.15, -0.1) is 11.6 Å². The maximum atomic E-state index is 11.4. The average Bonchev–Trinajstić information content (AvgIpc) is 2.35. The Bertz CT molecular complexity index is 390. The Kier molecular flexibility index (Phi) is 4.60. The predicted octanol–water partition coefficient (Wildman–Crippen LogP) is 1.36. The van der Waals surface area contributed by atoms with E-state index in [9.17, 15) is 4.79 Å². The zero-order chi connectivity index (χ0) is 12.0. The smallest absolute Gasteiger partial charge is 0.365 e. The second-order valence-corrected chi connectivity index (χ2v) is 3.09. The van der Waals surface area contributed by atoms with Gasteiger partial charge in [0.1, 0.15) is 5.75 Å². The van der Waals surface area contributed by atoms with Crippen molar-refractivity contribution in [2.45, 2.75) is 0 Å². The van der Waals surface area contributed by atoms with Gasteiger partial charge in [0.05, 0.1) is 18.6 Å². The highest BCUT2D eigenvalue weighted by molar-refractivity contribution is 6.27. The monoisotopic (exact) mass is 242 g/mol. The quantitative estimate of drug-likeness (QED) is 0.284. The van der Waals surface area contributed by atoms with Crippen LogP contribution in [0.1, 0.15) is 10.4 Å². The van der Waals surface area contributed by atoms with E-state index in [2.05, 4.69) is 9.99 Å². The SMILES string of the molecule is COc1ccc(C(=O)ON=C(N)CCl)cc1. The average molecular weight is 243 g/mol. The largest absolute Gasteiger partial charge is 0.497 e. The lowest BCUT2D eigenvalue weighted by Gasteiger charge is -2.01. The van der Waals surface area contributed by atoms with Crippen LogP contribution in [0.5, 0.6) is 5.75 Å². The first kappa shape index (κ1) is 12.3. The van der Waals surface area contributed by atoms with E-state index >= 15 is 0 Å². The number of hydrogen-bond acceptors (Lipinski definition) is 4. The zero-order valence-corrected chi connectivity index (χ0v) is 9.40. The van der Waals surface area contributed by atoms with Crippen molar-refractivity contribution < 1.29 is 14.4 Å². The number of halogens is 1. The highest BCUT2D eigenvalue weighted by Crippen LogP contribution is 2.12. The summed E-state index contributed by atoms with van der Waals surface area (Å²) in [4.78, 5) is 15.9. The fourth-order valence-corrected chi connectivity index (χ4v) is 0.953. The summed E-state index contributed by atoms with van der Waals surface area (Å²) in [5.41, 5.74) is 5.62. The second kappa shape index (κ2) is 5.97. The van der Waals surface area contributed by atoms with E-state index in [1.54, 1.807) is 31.4 Å². The zero-order valence-electron chi connectivity index (χ0n) is 8.64. The summed E-state index contributed by atoms with van der Waals surface area (Å²) in [5.74, 6) is 0.107. The molecule has 0 fully saturated rings. The molecule has 1 rings (SSSR count). The van der Waals surface area contributed by atoms with E-state index in [4.69, 9.17) is 22.1 Å². The minimum atomic E-state index is -0.601. The third kappa shape index (κ3) is 3.43. The first-order valence-electron chi connectivity index (χ1n) is 4.41. The second-order valence-electron chi connectivity index (χ2n) is 2.82. The third-order valence-electron chi connectivity index (χ3n) is 1.71.